The Bertz CT molecular complexity index is 812. The van der Waals surface area contributed by atoms with Crippen LogP contribution in [0.5, 0.6) is 5.75 Å². The molecule has 0 atom stereocenters. The van der Waals surface area contributed by atoms with E-state index >= 15 is 0 Å². The molecule has 220 valence electrons. The highest BCUT2D eigenvalue weighted by molar-refractivity contribution is 5.81. The zero-order valence-electron chi connectivity index (χ0n) is 23.0. The van der Waals surface area contributed by atoms with Gasteiger partial charge in [0.1, 0.15) is 0 Å². The third-order valence-corrected chi connectivity index (χ3v) is 8.73. The maximum absolute atomic E-state index is 14.7. The average Bonchev–Trinajstić information content (AvgIpc) is 2.91. The number of hydrogen-bond acceptors (Lipinski definition) is 3. The molecule has 0 spiro atoms. The highest BCUT2D eigenvalue weighted by Crippen LogP contribution is 2.45. The van der Waals surface area contributed by atoms with Crippen LogP contribution in [-0.2, 0) is 9.53 Å². The Kier molecular flexibility index (Phi) is 15.0. The maximum atomic E-state index is 14.7. The van der Waals surface area contributed by atoms with E-state index in [2.05, 4.69) is 13.5 Å². The molecule has 3 rings (SSSR count). The first-order valence-corrected chi connectivity index (χ1v) is 14.9. The number of carbonyl (C=O) groups is 1. The van der Waals surface area contributed by atoms with E-state index in [0.717, 1.165) is 61.5 Å². The van der Waals surface area contributed by atoms with Gasteiger partial charge in [0.25, 0.3) is 0 Å². The summed E-state index contributed by atoms with van der Waals surface area (Å²) in [5.74, 6) is 0.988. The molecule has 0 aromatic heterocycles. The molecule has 2 saturated carbocycles. The van der Waals surface area contributed by atoms with Gasteiger partial charge in [-0.15, -0.1) is 0 Å². The van der Waals surface area contributed by atoms with Crippen molar-refractivity contribution in [3.63, 3.8) is 0 Å². The maximum Gasteiger partial charge on any atom is 0.330 e. The van der Waals surface area contributed by atoms with Crippen LogP contribution < -0.4 is 4.74 Å². The van der Waals surface area contributed by atoms with Gasteiger partial charge in [-0.1, -0.05) is 59.5 Å². The van der Waals surface area contributed by atoms with Crippen molar-refractivity contribution in [2.75, 3.05) is 13.2 Å². The first-order valence-electron chi connectivity index (χ1n) is 14.9. The Morgan fingerprint density at radius 3 is 2.05 bits per heavy atom. The van der Waals surface area contributed by atoms with E-state index in [4.69, 9.17) is 9.47 Å². The van der Waals surface area contributed by atoms with Crippen molar-refractivity contribution in [2.45, 2.75) is 123 Å². The summed E-state index contributed by atoms with van der Waals surface area (Å²) in [6.45, 7) is 6.26. The molecule has 38 heavy (non-hydrogen) atoms. The first-order chi connectivity index (χ1) is 18.0. The lowest BCUT2D eigenvalue weighted by molar-refractivity contribution is -0.137. The lowest BCUT2D eigenvalue weighted by Crippen LogP contribution is -2.25. The number of halogens is 2. The SMILES string of the molecule is C.C=CC(=O)OCCCCCCOc1c(F)cc(C2CCC(C3CCC(CCCCC)CC3)CC2)cc1F.[HH].[HH]. The summed E-state index contributed by atoms with van der Waals surface area (Å²) in [5.41, 5.74) is 0.787. The van der Waals surface area contributed by atoms with Gasteiger partial charge < -0.3 is 9.47 Å². The highest BCUT2D eigenvalue weighted by Gasteiger charge is 2.31. The lowest BCUT2D eigenvalue weighted by atomic mass is 9.68. The molecular weight excluding hydrogens is 482 g/mol. The molecule has 5 heteroatoms. The Morgan fingerprint density at radius 2 is 1.47 bits per heavy atom. The fourth-order valence-electron chi connectivity index (χ4n) is 6.47. The monoisotopic (exact) mass is 538 g/mol. The van der Waals surface area contributed by atoms with Crippen molar-refractivity contribution < 1.29 is 25.9 Å². The van der Waals surface area contributed by atoms with E-state index in [1.807, 2.05) is 0 Å². The lowest BCUT2D eigenvalue weighted by Gasteiger charge is -2.38. The zero-order valence-corrected chi connectivity index (χ0v) is 23.0. The van der Waals surface area contributed by atoms with Crippen molar-refractivity contribution in [3.8, 4) is 5.75 Å². The van der Waals surface area contributed by atoms with E-state index in [1.165, 1.54) is 76.3 Å². The summed E-state index contributed by atoms with van der Waals surface area (Å²) in [5, 5.41) is 0. The number of rotatable bonds is 15. The number of hydrogen-bond donors (Lipinski definition) is 0. The van der Waals surface area contributed by atoms with Crippen molar-refractivity contribution in [1.82, 2.24) is 0 Å². The molecule has 0 N–H and O–H groups in total. The third kappa shape index (κ3) is 10.3. The van der Waals surface area contributed by atoms with Crippen LogP contribution in [-0.4, -0.2) is 19.2 Å². The second-order valence-electron chi connectivity index (χ2n) is 11.3. The van der Waals surface area contributed by atoms with E-state index in [1.54, 1.807) is 0 Å². The van der Waals surface area contributed by atoms with Crippen LogP contribution >= 0.6 is 0 Å². The van der Waals surface area contributed by atoms with Crippen LogP contribution in [0.3, 0.4) is 0 Å². The second-order valence-corrected chi connectivity index (χ2v) is 11.3. The molecule has 3 nitrogen and oxygen atoms in total. The van der Waals surface area contributed by atoms with Crippen LogP contribution in [0.4, 0.5) is 8.78 Å². The quantitative estimate of drug-likeness (QED) is 0.127. The zero-order chi connectivity index (χ0) is 26.5. The number of unbranched alkanes of at least 4 members (excludes halogenated alkanes) is 5. The molecule has 0 bridgehead atoms. The molecule has 0 amide bonds. The molecule has 0 saturated heterocycles. The number of esters is 1. The van der Waals surface area contributed by atoms with Gasteiger partial charge in [0.05, 0.1) is 13.2 Å². The first kappa shape index (κ1) is 32.3. The van der Waals surface area contributed by atoms with Gasteiger partial charge in [-0.2, -0.15) is 0 Å². The van der Waals surface area contributed by atoms with Crippen molar-refractivity contribution in [3.05, 3.63) is 42.0 Å². The normalized spacial score (nSPS) is 23.3. The summed E-state index contributed by atoms with van der Waals surface area (Å²) in [6.07, 6.45) is 19.8. The minimum atomic E-state index is -0.588. The van der Waals surface area contributed by atoms with Crippen LogP contribution in [0.15, 0.2) is 24.8 Å². The van der Waals surface area contributed by atoms with Crippen LogP contribution in [0.1, 0.15) is 131 Å². The summed E-state index contributed by atoms with van der Waals surface area (Å²) >= 11 is 0. The molecule has 0 aliphatic heterocycles. The molecule has 2 aliphatic carbocycles. The third-order valence-electron chi connectivity index (χ3n) is 8.73. The van der Waals surface area contributed by atoms with E-state index < -0.39 is 17.6 Å². The predicted octanol–water partition coefficient (Wildman–Crippen LogP) is 10.4. The molecule has 2 fully saturated rings. The Hall–Kier alpha value is -1.91. The Balaban J connectivity index is 0.00000507. The summed E-state index contributed by atoms with van der Waals surface area (Å²) in [4.78, 5) is 11.0. The fourth-order valence-corrected chi connectivity index (χ4v) is 6.47. The van der Waals surface area contributed by atoms with Gasteiger partial charge in [-0.05, 0) is 106 Å². The fraction of sp³-hybridized carbons (Fsp3) is 0.727. The predicted molar refractivity (Wildman–Crippen MR) is 157 cm³/mol. The average molecular weight is 539 g/mol. The smallest absolute Gasteiger partial charge is 0.330 e. The van der Waals surface area contributed by atoms with Crippen molar-refractivity contribution in [2.24, 2.45) is 17.8 Å². The second kappa shape index (κ2) is 17.6. The minimum absolute atomic E-state index is 0. The van der Waals surface area contributed by atoms with E-state index in [0.29, 0.717) is 13.0 Å². The molecule has 0 radical (unpaired) electrons. The van der Waals surface area contributed by atoms with Crippen molar-refractivity contribution >= 4 is 5.97 Å². The summed E-state index contributed by atoms with van der Waals surface area (Å²) in [7, 11) is 0. The van der Waals surface area contributed by atoms with Crippen LogP contribution in [0, 0.1) is 29.4 Å². The standard InChI is InChI=1S/C32H48F2O3.CH4.2H2/c1-3-5-8-11-24-12-14-25(15-13-24)26-16-18-27(19-17-26)28-22-29(33)32(30(34)23-28)37-21-10-7-6-9-20-36-31(35)4-2;;;/h4,22-27H,2-3,5-21H2,1H3;1H4;2*1H. The van der Waals surface area contributed by atoms with Gasteiger partial charge >= 0.3 is 5.97 Å². The number of benzene rings is 1. The number of carbonyl (C=O) groups excluding carboxylic acids is 1. The molecular formula is C33H56F2O3. The van der Waals surface area contributed by atoms with Crippen LogP contribution in [0.25, 0.3) is 0 Å². The summed E-state index contributed by atoms with van der Waals surface area (Å²) in [6, 6.07) is 3.00. The highest BCUT2D eigenvalue weighted by atomic mass is 19.1. The number of ether oxygens (including phenoxy) is 2. The summed E-state index contributed by atoms with van der Waals surface area (Å²) < 4.78 is 39.9. The van der Waals surface area contributed by atoms with Gasteiger partial charge in [0, 0.05) is 8.93 Å². The van der Waals surface area contributed by atoms with Crippen molar-refractivity contribution in [1.29, 1.82) is 0 Å². The van der Waals surface area contributed by atoms with Gasteiger partial charge in [-0.3, -0.25) is 0 Å². The van der Waals surface area contributed by atoms with Gasteiger partial charge in [0.15, 0.2) is 17.4 Å². The topological polar surface area (TPSA) is 35.5 Å². The van der Waals surface area contributed by atoms with E-state index in [9.17, 15) is 13.6 Å². The molecule has 1 aromatic carbocycles. The van der Waals surface area contributed by atoms with Gasteiger partial charge in [0.2, 0.25) is 0 Å². The largest absolute Gasteiger partial charge is 0.488 e. The molecule has 2 aliphatic rings. The van der Waals surface area contributed by atoms with E-state index in [-0.39, 0.29) is 28.6 Å². The Morgan fingerprint density at radius 1 is 0.895 bits per heavy atom. The minimum Gasteiger partial charge on any atom is -0.488 e. The Labute approximate surface area is 233 Å². The van der Waals surface area contributed by atoms with Crippen LogP contribution in [0.2, 0.25) is 0 Å². The van der Waals surface area contributed by atoms with Gasteiger partial charge in [-0.25, -0.2) is 13.6 Å². The molecule has 1 aromatic rings. The molecule has 0 heterocycles. The molecule has 0 unspecified atom stereocenters.